The number of carbonyl (C=O) groups is 1. The third-order valence-electron chi connectivity index (χ3n) is 4.78. The van der Waals surface area contributed by atoms with Gasteiger partial charge in [0.1, 0.15) is 11.3 Å². The van der Waals surface area contributed by atoms with Gasteiger partial charge in [-0.25, -0.2) is 9.59 Å². The van der Waals surface area contributed by atoms with Crippen LogP contribution in [-0.2, 0) is 16.0 Å². The lowest BCUT2D eigenvalue weighted by molar-refractivity contribution is -0.140. The highest BCUT2D eigenvalue weighted by Gasteiger charge is 2.12. The normalized spacial score (nSPS) is 11.8. The molecule has 0 saturated heterocycles. The Morgan fingerprint density at radius 1 is 1.10 bits per heavy atom. The van der Waals surface area contributed by atoms with Crippen LogP contribution in [0, 0.1) is 5.92 Å². The average Bonchev–Trinajstić information content (AvgIpc) is 2.75. The van der Waals surface area contributed by atoms with Crippen molar-refractivity contribution in [1.29, 1.82) is 0 Å². The predicted molar refractivity (Wildman–Crippen MR) is 118 cm³/mol. The van der Waals surface area contributed by atoms with Crippen LogP contribution in [0.3, 0.4) is 0 Å². The van der Waals surface area contributed by atoms with Gasteiger partial charge in [-0.15, -0.1) is 0 Å². The minimum absolute atomic E-state index is 0.00364. The van der Waals surface area contributed by atoms with Crippen molar-refractivity contribution in [3.05, 3.63) is 76.7 Å². The van der Waals surface area contributed by atoms with Gasteiger partial charge in [-0.05, 0) is 42.7 Å². The maximum Gasteiger partial charge on any atom is 0.344 e. The molecular formula is C25H26O5. The maximum absolute atomic E-state index is 12.6. The van der Waals surface area contributed by atoms with Gasteiger partial charge in [-0.3, -0.25) is 0 Å². The number of hydrogen-bond acceptors (Lipinski definition) is 5. The van der Waals surface area contributed by atoms with Gasteiger partial charge in [0.15, 0.2) is 0 Å². The number of ether oxygens (including phenoxy) is 2. The van der Waals surface area contributed by atoms with Crippen LogP contribution in [0.5, 0.6) is 5.75 Å². The molecule has 0 bridgehead atoms. The smallest absolute Gasteiger partial charge is 0.344 e. The summed E-state index contributed by atoms with van der Waals surface area (Å²) < 4.78 is 16.5. The van der Waals surface area contributed by atoms with E-state index in [1.165, 1.54) is 0 Å². The number of carbonyl (C=O) groups excluding carboxylic acids is 1. The Labute approximate surface area is 175 Å². The quantitative estimate of drug-likeness (QED) is 0.294. The molecule has 5 nitrogen and oxygen atoms in total. The molecule has 0 aliphatic rings. The van der Waals surface area contributed by atoms with Crippen LogP contribution in [0.15, 0.2) is 69.9 Å². The van der Waals surface area contributed by atoms with E-state index in [2.05, 4.69) is 13.5 Å². The number of benzene rings is 2. The second-order valence-electron chi connectivity index (χ2n) is 7.45. The molecule has 0 fully saturated rings. The van der Waals surface area contributed by atoms with Gasteiger partial charge in [0.05, 0.1) is 18.8 Å². The van der Waals surface area contributed by atoms with Crippen LogP contribution in [0.1, 0.15) is 26.3 Å². The van der Waals surface area contributed by atoms with E-state index in [1.807, 2.05) is 49.4 Å². The van der Waals surface area contributed by atoms with E-state index < -0.39 is 5.97 Å². The van der Waals surface area contributed by atoms with Crippen molar-refractivity contribution in [2.45, 2.75) is 27.2 Å². The minimum atomic E-state index is -0.408. The highest BCUT2D eigenvalue weighted by molar-refractivity contribution is 5.87. The number of fused-ring (bicyclic) bond motifs is 1. The molecule has 30 heavy (non-hydrogen) atoms. The van der Waals surface area contributed by atoms with Crippen molar-refractivity contribution >= 4 is 16.9 Å². The Hall–Kier alpha value is -3.34. The molecule has 3 aromatic rings. The monoisotopic (exact) mass is 406 g/mol. The third kappa shape index (κ3) is 4.98. The summed E-state index contributed by atoms with van der Waals surface area (Å²) in [6.45, 7) is 9.75. The van der Waals surface area contributed by atoms with Crippen molar-refractivity contribution in [3.63, 3.8) is 0 Å². The van der Waals surface area contributed by atoms with E-state index in [9.17, 15) is 9.59 Å². The molecule has 2 aromatic carbocycles. The van der Waals surface area contributed by atoms with Crippen LogP contribution < -0.4 is 10.4 Å². The lowest BCUT2D eigenvalue weighted by Gasteiger charge is -2.14. The Bertz CT molecular complexity index is 1130. The summed E-state index contributed by atoms with van der Waals surface area (Å²) in [6, 6.07) is 15.1. The summed E-state index contributed by atoms with van der Waals surface area (Å²) >= 11 is 0. The molecule has 156 valence electrons. The third-order valence-corrected chi connectivity index (χ3v) is 4.78. The second kappa shape index (κ2) is 9.44. The standard InChI is InChI=1S/C25H26O5/c1-5-18-8-6-7-9-21(18)22-12-19-10-11-20(13-23(19)30-25(22)27)28-14-17(4)15-29-24(26)16(2)3/h6-13,17H,2,5,14-15H2,1,3-4H3. The Kier molecular flexibility index (Phi) is 6.72. The number of rotatable bonds is 8. The van der Waals surface area contributed by atoms with Gasteiger partial charge < -0.3 is 13.9 Å². The molecule has 5 heteroatoms. The molecule has 0 spiro atoms. The zero-order chi connectivity index (χ0) is 21.7. The van der Waals surface area contributed by atoms with Crippen LogP contribution in [0.4, 0.5) is 0 Å². The van der Waals surface area contributed by atoms with Crippen molar-refractivity contribution in [3.8, 4) is 16.9 Å². The largest absolute Gasteiger partial charge is 0.493 e. The van der Waals surface area contributed by atoms with Gasteiger partial charge in [0, 0.05) is 22.9 Å². The molecule has 3 rings (SSSR count). The average molecular weight is 406 g/mol. The zero-order valence-corrected chi connectivity index (χ0v) is 17.6. The molecule has 0 aliphatic heterocycles. The molecule has 1 heterocycles. The summed E-state index contributed by atoms with van der Waals surface area (Å²) in [5.41, 5.74) is 3.02. The summed E-state index contributed by atoms with van der Waals surface area (Å²) in [7, 11) is 0. The second-order valence-corrected chi connectivity index (χ2v) is 7.45. The maximum atomic E-state index is 12.6. The predicted octanol–water partition coefficient (Wildman–Crippen LogP) is 5.16. The molecule has 1 unspecified atom stereocenters. The minimum Gasteiger partial charge on any atom is -0.493 e. The summed E-state index contributed by atoms with van der Waals surface area (Å²) in [4.78, 5) is 24.1. The number of aryl methyl sites for hydroxylation is 1. The fourth-order valence-electron chi connectivity index (χ4n) is 3.09. The van der Waals surface area contributed by atoms with E-state index in [0.29, 0.717) is 29.1 Å². The first-order valence-corrected chi connectivity index (χ1v) is 10.0. The summed E-state index contributed by atoms with van der Waals surface area (Å²) in [5.74, 6) is 0.184. The van der Waals surface area contributed by atoms with E-state index in [1.54, 1.807) is 13.0 Å². The molecule has 0 amide bonds. The van der Waals surface area contributed by atoms with Gasteiger partial charge >= 0.3 is 11.6 Å². The van der Waals surface area contributed by atoms with Crippen LogP contribution in [0.2, 0.25) is 0 Å². The van der Waals surface area contributed by atoms with Crippen LogP contribution >= 0.6 is 0 Å². The van der Waals surface area contributed by atoms with Crippen LogP contribution in [-0.4, -0.2) is 19.2 Å². The SMILES string of the molecule is C=C(C)C(=O)OCC(C)COc1ccc2cc(-c3ccccc3CC)c(=O)oc2c1. The Morgan fingerprint density at radius 3 is 2.60 bits per heavy atom. The first-order valence-electron chi connectivity index (χ1n) is 10.0. The molecule has 0 N–H and O–H groups in total. The molecule has 0 aliphatic carbocycles. The fraction of sp³-hybridized carbons (Fsp3) is 0.280. The van der Waals surface area contributed by atoms with Crippen LogP contribution in [0.25, 0.3) is 22.1 Å². The number of hydrogen-bond donors (Lipinski definition) is 0. The highest BCUT2D eigenvalue weighted by atomic mass is 16.5. The first-order chi connectivity index (χ1) is 14.4. The molecular weight excluding hydrogens is 380 g/mol. The van der Waals surface area contributed by atoms with Gasteiger partial charge in [0.25, 0.3) is 0 Å². The molecule has 0 saturated carbocycles. The van der Waals surface area contributed by atoms with Gasteiger partial charge in [0.2, 0.25) is 0 Å². The Morgan fingerprint density at radius 2 is 1.87 bits per heavy atom. The van der Waals surface area contributed by atoms with Crippen molar-refractivity contribution in [2.75, 3.05) is 13.2 Å². The van der Waals surface area contributed by atoms with E-state index in [-0.39, 0.29) is 18.2 Å². The number of esters is 1. The van der Waals surface area contributed by atoms with Gasteiger partial charge in [-0.1, -0.05) is 44.7 Å². The van der Waals surface area contributed by atoms with Crippen molar-refractivity contribution in [2.24, 2.45) is 5.92 Å². The highest BCUT2D eigenvalue weighted by Crippen LogP contribution is 2.27. The molecule has 1 atom stereocenters. The fourth-order valence-corrected chi connectivity index (χ4v) is 3.09. The van der Waals surface area contributed by atoms with Crippen molar-refractivity contribution in [1.82, 2.24) is 0 Å². The summed E-state index contributed by atoms with van der Waals surface area (Å²) in [5, 5.41) is 0.825. The van der Waals surface area contributed by atoms with E-state index in [4.69, 9.17) is 13.9 Å². The van der Waals surface area contributed by atoms with Gasteiger partial charge in [-0.2, -0.15) is 0 Å². The van der Waals surface area contributed by atoms with E-state index >= 15 is 0 Å². The first kappa shape index (κ1) is 21.4. The van der Waals surface area contributed by atoms with Crippen molar-refractivity contribution < 1.29 is 18.7 Å². The molecule has 1 aromatic heterocycles. The zero-order valence-electron chi connectivity index (χ0n) is 17.6. The summed E-state index contributed by atoms with van der Waals surface area (Å²) in [6.07, 6.45) is 0.834. The Balaban J connectivity index is 1.75. The lowest BCUT2D eigenvalue weighted by atomic mass is 9.98. The molecule has 0 radical (unpaired) electrons. The topological polar surface area (TPSA) is 65.7 Å². The lowest BCUT2D eigenvalue weighted by Crippen LogP contribution is -2.18. The van der Waals surface area contributed by atoms with E-state index in [0.717, 1.165) is 22.9 Å².